The first-order chi connectivity index (χ1) is 13.2. The molecular weight excluding hydrogens is 402 g/mol. The second-order valence-corrected chi connectivity index (χ2v) is 7.30. The lowest BCUT2D eigenvalue weighted by atomic mass is 10.1. The molecule has 0 fully saturated rings. The van der Waals surface area contributed by atoms with Crippen molar-refractivity contribution in [3.63, 3.8) is 0 Å². The zero-order chi connectivity index (χ0) is 19.1. The third kappa shape index (κ3) is 5.34. The van der Waals surface area contributed by atoms with E-state index in [0.717, 1.165) is 27.1 Å². The molecule has 0 saturated heterocycles. The Hall–Kier alpha value is -2.30. The second kappa shape index (κ2) is 9.58. The molecule has 3 aromatic rings. The van der Waals surface area contributed by atoms with Crippen LogP contribution in [0.15, 0.2) is 77.3 Å². The summed E-state index contributed by atoms with van der Waals surface area (Å²) in [5, 5.41) is 3.58. The average molecular weight is 426 g/mol. The van der Waals surface area contributed by atoms with Crippen LogP contribution in [0, 0.1) is 0 Å². The molecule has 0 aliphatic heterocycles. The van der Waals surface area contributed by atoms with Gasteiger partial charge in [-0.25, -0.2) is 0 Å². The Kier molecular flexibility index (Phi) is 6.91. The summed E-state index contributed by atoms with van der Waals surface area (Å²) >= 11 is 3.57. The highest BCUT2D eigenvalue weighted by Crippen LogP contribution is 2.35. The Morgan fingerprint density at radius 3 is 2.30 bits per heavy atom. The molecule has 3 nitrogen and oxygen atoms in total. The van der Waals surface area contributed by atoms with Gasteiger partial charge in [-0.1, -0.05) is 76.6 Å². The molecule has 1 atom stereocenters. The molecule has 0 heterocycles. The van der Waals surface area contributed by atoms with Crippen LogP contribution in [-0.2, 0) is 13.2 Å². The minimum absolute atomic E-state index is 0.234. The fourth-order valence-corrected chi connectivity index (χ4v) is 3.41. The lowest BCUT2D eigenvalue weighted by Crippen LogP contribution is -2.18. The number of methoxy groups -OCH3 is 1. The van der Waals surface area contributed by atoms with E-state index >= 15 is 0 Å². The van der Waals surface area contributed by atoms with E-state index in [1.54, 1.807) is 7.11 Å². The van der Waals surface area contributed by atoms with Crippen molar-refractivity contribution >= 4 is 15.9 Å². The number of nitrogens with one attached hydrogen (secondary N) is 1. The maximum Gasteiger partial charge on any atom is 0.166 e. The van der Waals surface area contributed by atoms with Gasteiger partial charge in [0.05, 0.1) is 7.11 Å². The predicted molar refractivity (Wildman–Crippen MR) is 113 cm³/mol. The fourth-order valence-electron chi connectivity index (χ4n) is 2.92. The summed E-state index contributed by atoms with van der Waals surface area (Å²) in [6.07, 6.45) is 0. The van der Waals surface area contributed by atoms with Crippen molar-refractivity contribution in [3.05, 3.63) is 94.0 Å². The SMILES string of the molecule is COc1cc(Br)cc(CN[C@@H](C)c2ccccc2)c1OCc1ccccc1. The summed E-state index contributed by atoms with van der Waals surface area (Å²) in [5.74, 6) is 1.50. The van der Waals surface area contributed by atoms with Gasteiger partial charge < -0.3 is 14.8 Å². The summed E-state index contributed by atoms with van der Waals surface area (Å²) in [7, 11) is 1.67. The van der Waals surface area contributed by atoms with Gasteiger partial charge in [-0.2, -0.15) is 0 Å². The smallest absolute Gasteiger partial charge is 0.166 e. The van der Waals surface area contributed by atoms with Crippen molar-refractivity contribution in [2.24, 2.45) is 0 Å². The van der Waals surface area contributed by atoms with Crippen molar-refractivity contribution in [1.82, 2.24) is 5.32 Å². The molecule has 27 heavy (non-hydrogen) atoms. The molecule has 0 radical (unpaired) electrons. The van der Waals surface area contributed by atoms with Gasteiger partial charge >= 0.3 is 0 Å². The normalized spacial score (nSPS) is 11.8. The van der Waals surface area contributed by atoms with Crippen LogP contribution in [0.5, 0.6) is 11.5 Å². The number of hydrogen-bond acceptors (Lipinski definition) is 3. The predicted octanol–water partition coefficient (Wildman–Crippen LogP) is 5.89. The molecule has 140 valence electrons. The van der Waals surface area contributed by atoms with Crippen LogP contribution >= 0.6 is 15.9 Å². The molecule has 1 N–H and O–H groups in total. The largest absolute Gasteiger partial charge is 0.493 e. The van der Waals surface area contributed by atoms with Crippen LogP contribution in [-0.4, -0.2) is 7.11 Å². The topological polar surface area (TPSA) is 30.5 Å². The summed E-state index contributed by atoms with van der Waals surface area (Å²) in [6.45, 7) is 3.34. The quantitative estimate of drug-likeness (QED) is 0.488. The molecule has 3 aromatic carbocycles. The first kappa shape index (κ1) is 19.5. The zero-order valence-corrected chi connectivity index (χ0v) is 17.2. The minimum atomic E-state index is 0.234. The molecule has 4 heteroatoms. The molecule has 0 unspecified atom stereocenters. The van der Waals surface area contributed by atoms with Crippen molar-refractivity contribution in [3.8, 4) is 11.5 Å². The van der Waals surface area contributed by atoms with Crippen molar-refractivity contribution in [2.75, 3.05) is 7.11 Å². The lowest BCUT2D eigenvalue weighted by molar-refractivity contribution is 0.280. The first-order valence-corrected chi connectivity index (χ1v) is 9.78. The van der Waals surface area contributed by atoms with Crippen LogP contribution < -0.4 is 14.8 Å². The zero-order valence-electron chi connectivity index (χ0n) is 15.6. The molecule has 0 amide bonds. The van der Waals surface area contributed by atoms with Gasteiger partial charge in [-0.15, -0.1) is 0 Å². The molecule has 0 saturated carbocycles. The Bertz CT molecular complexity index is 853. The molecule has 0 aromatic heterocycles. The summed E-state index contributed by atoms with van der Waals surface area (Å²) in [5.41, 5.74) is 3.44. The minimum Gasteiger partial charge on any atom is -0.493 e. The highest BCUT2D eigenvalue weighted by molar-refractivity contribution is 9.10. The summed E-state index contributed by atoms with van der Waals surface area (Å²) in [6, 6.07) is 24.8. The van der Waals surface area contributed by atoms with Gasteiger partial charge in [-0.05, 0) is 30.2 Å². The number of hydrogen-bond donors (Lipinski definition) is 1. The van der Waals surface area contributed by atoms with Crippen molar-refractivity contribution in [1.29, 1.82) is 0 Å². The number of ether oxygens (including phenoxy) is 2. The third-order valence-corrected chi connectivity index (χ3v) is 4.90. The number of rotatable bonds is 8. The van der Waals surface area contributed by atoms with Crippen molar-refractivity contribution in [2.45, 2.75) is 26.1 Å². The maximum atomic E-state index is 6.15. The van der Waals surface area contributed by atoms with Crippen LogP contribution in [0.25, 0.3) is 0 Å². The molecular formula is C23H24BrNO2. The Balaban J connectivity index is 1.77. The van der Waals surface area contributed by atoms with Gasteiger partial charge in [0.25, 0.3) is 0 Å². The van der Waals surface area contributed by atoms with Gasteiger partial charge in [-0.3, -0.25) is 0 Å². The Labute approximate surface area is 169 Å². The number of halogens is 1. The summed E-state index contributed by atoms with van der Waals surface area (Å²) in [4.78, 5) is 0. The monoisotopic (exact) mass is 425 g/mol. The fraction of sp³-hybridized carbons (Fsp3) is 0.217. The Morgan fingerprint density at radius 2 is 1.63 bits per heavy atom. The maximum absolute atomic E-state index is 6.15. The highest BCUT2D eigenvalue weighted by atomic mass is 79.9. The van der Waals surface area contributed by atoms with E-state index in [1.807, 2.05) is 30.3 Å². The van der Waals surface area contributed by atoms with Gasteiger partial charge in [0.1, 0.15) is 6.61 Å². The first-order valence-electron chi connectivity index (χ1n) is 8.99. The van der Waals surface area contributed by atoms with E-state index in [4.69, 9.17) is 9.47 Å². The Morgan fingerprint density at radius 1 is 0.963 bits per heavy atom. The summed E-state index contributed by atoms with van der Waals surface area (Å²) < 4.78 is 12.7. The van der Waals surface area contributed by atoms with Crippen LogP contribution in [0.4, 0.5) is 0 Å². The second-order valence-electron chi connectivity index (χ2n) is 6.38. The molecule has 0 aliphatic carbocycles. The van der Waals surface area contributed by atoms with E-state index in [0.29, 0.717) is 13.2 Å². The van der Waals surface area contributed by atoms with E-state index in [9.17, 15) is 0 Å². The lowest BCUT2D eigenvalue weighted by Gasteiger charge is -2.19. The van der Waals surface area contributed by atoms with Gasteiger partial charge in [0, 0.05) is 22.6 Å². The van der Waals surface area contributed by atoms with E-state index in [2.05, 4.69) is 70.6 Å². The molecule has 0 bridgehead atoms. The number of benzene rings is 3. The van der Waals surface area contributed by atoms with Crippen LogP contribution in [0.3, 0.4) is 0 Å². The van der Waals surface area contributed by atoms with Gasteiger partial charge in [0.15, 0.2) is 11.5 Å². The third-order valence-electron chi connectivity index (χ3n) is 4.44. The highest BCUT2D eigenvalue weighted by Gasteiger charge is 2.14. The molecule has 0 aliphatic rings. The van der Waals surface area contributed by atoms with Crippen molar-refractivity contribution < 1.29 is 9.47 Å². The average Bonchev–Trinajstić information content (AvgIpc) is 2.72. The molecule has 3 rings (SSSR count). The van der Waals surface area contributed by atoms with Crippen LogP contribution in [0.2, 0.25) is 0 Å². The van der Waals surface area contributed by atoms with Crippen LogP contribution in [0.1, 0.15) is 29.7 Å². The molecule has 0 spiro atoms. The standard InChI is InChI=1S/C23H24BrNO2/c1-17(19-11-7-4-8-12-19)25-15-20-13-21(24)14-22(26-2)23(20)27-16-18-9-5-3-6-10-18/h3-14,17,25H,15-16H2,1-2H3/t17-/m0/s1. The van der Waals surface area contributed by atoms with Gasteiger partial charge in [0.2, 0.25) is 0 Å². The van der Waals surface area contributed by atoms with E-state index < -0.39 is 0 Å². The van der Waals surface area contributed by atoms with E-state index in [-0.39, 0.29) is 6.04 Å². The van der Waals surface area contributed by atoms with E-state index in [1.165, 1.54) is 5.56 Å².